The highest BCUT2D eigenvalue weighted by molar-refractivity contribution is 5.82. The highest BCUT2D eigenvalue weighted by Crippen LogP contribution is 2.20. The lowest BCUT2D eigenvalue weighted by atomic mass is 9.90. The Bertz CT molecular complexity index is 397. The molecule has 2 N–H and O–H groups in total. The van der Waals surface area contributed by atoms with Gasteiger partial charge in [0, 0.05) is 20.2 Å². The van der Waals surface area contributed by atoms with Crippen LogP contribution in [0.15, 0.2) is 30.3 Å². The first-order valence-electron chi connectivity index (χ1n) is 6.15. The molecule has 1 aromatic rings. The molecule has 1 atom stereocenters. The lowest BCUT2D eigenvalue weighted by Crippen LogP contribution is -2.53. The van der Waals surface area contributed by atoms with Crippen molar-refractivity contribution in [3.63, 3.8) is 0 Å². The molecule has 1 aromatic carbocycles. The van der Waals surface area contributed by atoms with Gasteiger partial charge in [0.25, 0.3) is 0 Å². The highest BCUT2D eigenvalue weighted by atomic mass is 16.5. The van der Waals surface area contributed by atoms with Crippen molar-refractivity contribution >= 4 is 5.97 Å². The Balaban J connectivity index is 2.91. The lowest BCUT2D eigenvalue weighted by Gasteiger charge is -2.31. The smallest absolute Gasteiger partial charge is 0.331 e. The Hall–Kier alpha value is -1.43. The number of methoxy groups -OCH3 is 2. The number of nitrogens with two attached hydrogens (primary N) is 1. The van der Waals surface area contributed by atoms with Crippen LogP contribution in [0.2, 0.25) is 0 Å². The van der Waals surface area contributed by atoms with Crippen LogP contribution < -0.4 is 5.73 Å². The zero-order valence-corrected chi connectivity index (χ0v) is 11.8. The number of likely N-dealkylation sites (N-methyl/N-ethyl adjacent to an activating group) is 1. The minimum Gasteiger partial charge on any atom is -0.467 e. The molecule has 0 aliphatic rings. The van der Waals surface area contributed by atoms with Crippen molar-refractivity contribution in [1.82, 2.24) is 4.90 Å². The van der Waals surface area contributed by atoms with Gasteiger partial charge in [-0.15, -0.1) is 0 Å². The first-order chi connectivity index (χ1) is 9.04. The van der Waals surface area contributed by atoms with Gasteiger partial charge in [0.2, 0.25) is 0 Å². The minimum atomic E-state index is -1.17. The zero-order valence-electron chi connectivity index (χ0n) is 11.8. The van der Waals surface area contributed by atoms with Gasteiger partial charge in [0.05, 0.1) is 13.7 Å². The molecule has 0 bridgehead atoms. The topological polar surface area (TPSA) is 64.8 Å². The van der Waals surface area contributed by atoms with Crippen LogP contribution >= 0.6 is 0 Å². The molecule has 0 saturated carbocycles. The van der Waals surface area contributed by atoms with Crippen molar-refractivity contribution in [2.45, 2.75) is 5.54 Å². The summed E-state index contributed by atoms with van der Waals surface area (Å²) in [6.07, 6.45) is 0. The van der Waals surface area contributed by atoms with Crippen molar-refractivity contribution in [3.05, 3.63) is 35.9 Å². The van der Waals surface area contributed by atoms with Crippen LogP contribution in [0.3, 0.4) is 0 Å². The largest absolute Gasteiger partial charge is 0.467 e. The van der Waals surface area contributed by atoms with Crippen LogP contribution in [0.5, 0.6) is 0 Å². The monoisotopic (exact) mass is 266 g/mol. The molecule has 0 aliphatic heterocycles. The zero-order chi connectivity index (χ0) is 14.3. The third kappa shape index (κ3) is 4.02. The normalized spacial score (nSPS) is 14.2. The number of nitrogens with zero attached hydrogens (tertiary/aromatic N) is 1. The maximum Gasteiger partial charge on any atom is 0.331 e. The molecule has 0 aliphatic carbocycles. The fourth-order valence-electron chi connectivity index (χ4n) is 1.94. The number of esters is 1. The number of ether oxygens (including phenoxy) is 2. The molecule has 0 fully saturated rings. The summed E-state index contributed by atoms with van der Waals surface area (Å²) in [7, 11) is 4.88. The maximum absolute atomic E-state index is 12.0. The fourth-order valence-corrected chi connectivity index (χ4v) is 1.94. The average molecular weight is 266 g/mol. The second-order valence-corrected chi connectivity index (χ2v) is 4.56. The van der Waals surface area contributed by atoms with E-state index in [2.05, 4.69) is 0 Å². The Morgan fingerprint density at radius 1 is 1.32 bits per heavy atom. The standard InChI is InChI=1S/C14H22N2O3/c1-16(9-10-18-2)11-14(15,13(17)19-3)12-7-5-4-6-8-12/h4-8H,9-11,15H2,1-3H3. The predicted octanol–water partition coefficient (Wildman–Crippen LogP) is 0.592. The van der Waals surface area contributed by atoms with Gasteiger partial charge < -0.3 is 20.1 Å². The molecule has 5 nitrogen and oxygen atoms in total. The van der Waals surface area contributed by atoms with E-state index in [-0.39, 0.29) is 0 Å². The molecule has 0 amide bonds. The molecule has 0 spiro atoms. The summed E-state index contributed by atoms with van der Waals surface area (Å²) in [5.74, 6) is -0.442. The van der Waals surface area contributed by atoms with Crippen molar-refractivity contribution in [2.24, 2.45) is 5.73 Å². The van der Waals surface area contributed by atoms with Crippen LogP contribution in [-0.4, -0.2) is 51.8 Å². The molecular formula is C14H22N2O3. The Labute approximate surface area is 114 Å². The number of benzene rings is 1. The molecule has 106 valence electrons. The van der Waals surface area contributed by atoms with E-state index in [0.29, 0.717) is 19.7 Å². The molecule has 0 aromatic heterocycles. The summed E-state index contributed by atoms with van der Waals surface area (Å²) in [5, 5.41) is 0. The number of carbonyl (C=O) groups excluding carboxylic acids is 1. The Morgan fingerprint density at radius 2 is 1.95 bits per heavy atom. The molecule has 1 rings (SSSR count). The number of carbonyl (C=O) groups is 1. The first-order valence-corrected chi connectivity index (χ1v) is 6.15. The quantitative estimate of drug-likeness (QED) is 0.732. The second kappa shape index (κ2) is 7.23. The van der Waals surface area contributed by atoms with Crippen molar-refractivity contribution in [1.29, 1.82) is 0 Å². The molecule has 19 heavy (non-hydrogen) atoms. The van der Waals surface area contributed by atoms with Crippen LogP contribution in [0.25, 0.3) is 0 Å². The number of rotatable bonds is 7. The van der Waals surface area contributed by atoms with Crippen molar-refractivity contribution in [3.8, 4) is 0 Å². The van der Waals surface area contributed by atoms with Gasteiger partial charge in [-0.1, -0.05) is 30.3 Å². The molecule has 0 saturated heterocycles. The highest BCUT2D eigenvalue weighted by Gasteiger charge is 2.38. The number of hydrogen-bond donors (Lipinski definition) is 1. The lowest BCUT2D eigenvalue weighted by molar-refractivity contribution is -0.148. The minimum absolute atomic E-state index is 0.368. The molecular weight excluding hydrogens is 244 g/mol. The number of hydrogen-bond acceptors (Lipinski definition) is 5. The van der Waals surface area contributed by atoms with Gasteiger partial charge in [-0.2, -0.15) is 0 Å². The van der Waals surface area contributed by atoms with E-state index in [1.165, 1.54) is 7.11 Å². The third-order valence-electron chi connectivity index (χ3n) is 3.04. The first kappa shape index (κ1) is 15.6. The van der Waals surface area contributed by atoms with Crippen LogP contribution in [0, 0.1) is 0 Å². The third-order valence-corrected chi connectivity index (χ3v) is 3.04. The van der Waals surface area contributed by atoms with Gasteiger partial charge in [-0.3, -0.25) is 0 Å². The van der Waals surface area contributed by atoms with Gasteiger partial charge in [0.1, 0.15) is 0 Å². The van der Waals surface area contributed by atoms with Crippen LogP contribution in [0.4, 0.5) is 0 Å². The summed E-state index contributed by atoms with van der Waals surface area (Å²) in [6, 6.07) is 9.27. The summed E-state index contributed by atoms with van der Waals surface area (Å²) < 4.78 is 9.87. The Morgan fingerprint density at radius 3 is 2.47 bits per heavy atom. The van der Waals surface area contributed by atoms with Crippen molar-refractivity contribution in [2.75, 3.05) is 41.0 Å². The fraction of sp³-hybridized carbons (Fsp3) is 0.500. The summed E-state index contributed by atoms with van der Waals surface area (Å²) in [4.78, 5) is 14.0. The van der Waals surface area contributed by atoms with E-state index in [4.69, 9.17) is 15.2 Å². The van der Waals surface area contributed by atoms with E-state index >= 15 is 0 Å². The van der Waals surface area contributed by atoms with Crippen LogP contribution in [-0.2, 0) is 19.8 Å². The van der Waals surface area contributed by atoms with E-state index in [1.807, 2.05) is 42.3 Å². The molecule has 0 heterocycles. The molecule has 0 radical (unpaired) electrons. The van der Waals surface area contributed by atoms with Crippen LogP contribution in [0.1, 0.15) is 5.56 Å². The van der Waals surface area contributed by atoms with E-state index in [1.54, 1.807) is 7.11 Å². The van der Waals surface area contributed by atoms with Gasteiger partial charge in [-0.25, -0.2) is 4.79 Å². The van der Waals surface area contributed by atoms with Gasteiger partial charge in [0.15, 0.2) is 5.54 Å². The van der Waals surface area contributed by atoms with Gasteiger partial charge >= 0.3 is 5.97 Å². The van der Waals surface area contributed by atoms with Gasteiger partial charge in [-0.05, 0) is 12.6 Å². The Kier molecular flexibility index (Phi) is 5.95. The summed E-state index contributed by atoms with van der Waals surface area (Å²) >= 11 is 0. The van der Waals surface area contributed by atoms with E-state index in [9.17, 15) is 4.79 Å². The molecule has 5 heteroatoms. The summed E-state index contributed by atoms with van der Waals surface area (Å²) in [5.41, 5.74) is 5.86. The maximum atomic E-state index is 12.0. The van der Waals surface area contributed by atoms with E-state index in [0.717, 1.165) is 5.56 Å². The van der Waals surface area contributed by atoms with E-state index < -0.39 is 11.5 Å². The second-order valence-electron chi connectivity index (χ2n) is 4.56. The SMILES string of the molecule is COCCN(C)CC(N)(C(=O)OC)c1ccccc1. The molecule has 1 unspecified atom stereocenters. The predicted molar refractivity (Wildman–Crippen MR) is 73.7 cm³/mol. The van der Waals surface area contributed by atoms with Crippen molar-refractivity contribution < 1.29 is 14.3 Å². The summed E-state index contributed by atoms with van der Waals surface area (Å²) in [6.45, 7) is 1.65. The average Bonchev–Trinajstić information content (AvgIpc) is 2.44.